The fourth-order valence-corrected chi connectivity index (χ4v) is 3.75. The van der Waals surface area contributed by atoms with Crippen molar-refractivity contribution in [1.82, 2.24) is 4.90 Å². The second-order valence-electron chi connectivity index (χ2n) is 8.27. The van der Waals surface area contributed by atoms with Gasteiger partial charge in [0, 0.05) is 19.3 Å². The topological polar surface area (TPSA) is 72.9 Å². The zero-order valence-electron chi connectivity index (χ0n) is 17.0. The van der Waals surface area contributed by atoms with Crippen molar-refractivity contribution in [2.75, 3.05) is 26.0 Å². The highest BCUT2D eigenvalue weighted by Gasteiger charge is 2.26. The summed E-state index contributed by atoms with van der Waals surface area (Å²) in [6.07, 6.45) is 4.31. The van der Waals surface area contributed by atoms with Gasteiger partial charge in [-0.1, -0.05) is 0 Å². The Morgan fingerprint density at radius 1 is 1.25 bits per heavy atom. The number of hydrogen-bond donors (Lipinski definition) is 0. The molecule has 1 amide bonds. The molecule has 0 atom stereocenters. The molecular weight excluding hydrogens is 385 g/mol. The molecule has 1 heterocycles. The second kappa shape index (κ2) is 9.11. The van der Waals surface area contributed by atoms with Crippen LogP contribution in [0.25, 0.3) is 0 Å². The number of halogens is 1. The fourth-order valence-electron chi connectivity index (χ4n) is 3.11. The number of ether oxygens (including phenoxy) is 2. The Balaban J connectivity index is 1.71. The van der Waals surface area contributed by atoms with E-state index in [-0.39, 0.29) is 16.7 Å². The van der Waals surface area contributed by atoms with Crippen LogP contribution in [0, 0.1) is 11.7 Å². The van der Waals surface area contributed by atoms with Gasteiger partial charge in [0.2, 0.25) is 0 Å². The van der Waals surface area contributed by atoms with Gasteiger partial charge in [-0.25, -0.2) is 17.6 Å². The summed E-state index contributed by atoms with van der Waals surface area (Å²) in [5.41, 5.74) is -0.486. The number of nitrogens with zero attached hydrogens (tertiary/aromatic N) is 1. The first-order valence-corrected chi connectivity index (χ1v) is 11.5. The fraction of sp³-hybridized carbons (Fsp3) is 0.650. The number of likely N-dealkylation sites (tertiary alicyclic amines) is 1. The number of sulfone groups is 1. The Morgan fingerprint density at radius 2 is 1.89 bits per heavy atom. The predicted octanol–water partition coefficient (Wildman–Crippen LogP) is 4.04. The first kappa shape index (κ1) is 22.5. The number of amides is 1. The van der Waals surface area contributed by atoms with Gasteiger partial charge in [-0.15, -0.1) is 0 Å². The zero-order chi connectivity index (χ0) is 20.9. The Morgan fingerprint density at radius 3 is 2.43 bits per heavy atom. The third-order valence-corrected chi connectivity index (χ3v) is 5.72. The molecule has 0 spiro atoms. The van der Waals surface area contributed by atoms with Crippen LogP contribution >= 0.6 is 0 Å². The molecule has 28 heavy (non-hydrogen) atoms. The van der Waals surface area contributed by atoms with Crippen molar-refractivity contribution in [2.45, 2.75) is 57.0 Å². The van der Waals surface area contributed by atoms with Crippen LogP contribution in [0.15, 0.2) is 23.1 Å². The molecule has 0 unspecified atom stereocenters. The summed E-state index contributed by atoms with van der Waals surface area (Å²) in [6.45, 7) is 7.30. The molecule has 1 aromatic rings. The number of hydrogen-bond acceptors (Lipinski definition) is 5. The molecule has 1 fully saturated rings. The predicted molar refractivity (Wildman–Crippen MR) is 105 cm³/mol. The average molecular weight is 416 g/mol. The number of rotatable bonds is 6. The van der Waals surface area contributed by atoms with Gasteiger partial charge in [-0.3, -0.25) is 0 Å². The molecule has 1 aliphatic heterocycles. The van der Waals surface area contributed by atoms with Crippen LogP contribution in [0.5, 0.6) is 5.75 Å². The maximum absolute atomic E-state index is 14.0. The lowest BCUT2D eigenvalue weighted by Gasteiger charge is -2.33. The molecule has 0 radical (unpaired) electrons. The van der Waals surface area contributed by atoms with Crippen LogP contribution in [0.1, 0.15) is 46.5 Å². The minimum Gasteiger partial charge on any atom is -0.491 e. The molecule has 0 bridgehead atoms. The van der Waals surface area contributed by atoms with Crippen LogP contribution in [-0.4, -0.2) is 51.0 Å². The quantitative estimate of drug-likeness (QED) is 0.656. The van der Waals surface area contributed by atoms with Gasteiger partial charge < -0.3 is 14.4 Å². The van der Waals surface area contributed by atoms with E-state index in [9.17, 15) is 17.6 Å². The molecule has 0 aromatic heterocycles. The molecular formula is C20H30FNO5S. The van der Waals surface area contributed by atoms with E-state index >= 15 is 0 Å². The normalized spacial score (nSPS) is 16.1. The lowest BCUT2D eigenvalue weighted by atomic mass is 9.92. The van der Waals surface area contributed by atoms with Gasteiger partial charge in [-0.2, -0.15) is 0 Å². The third-order valence-electron chi connectivity index (χ3n) is 4.61. The van der Waals surface area contributed by atoms with Crippen molar-refractivity contribution in [2.24, 2.45) is 5.92 Å². The van der Waals surface area contributed by atoms with E-state index in [4.69, 9.17) is 9.47 Å². The van der Waals surface area contributed by atoms with Crippen molar-refractivity contribution >= 4 is 15.9 Å². The van der Waals surface area contributed by atoms with Crippen LogP contribution in [0.2, 0.25) is 0 Å². The monoisotopic (exact) mass is 415 g/mol. The maximum Gasteiger partial charge on any atom is 0.410 e. The van der Waals surface area contributed by atoms with E-state index in [0.29, 0.717) is 25.6 Å². The van der Waals surface area contributed by atoms with Gasteiger partial charge in [0.1, 0.15) is 5.60 Å². The summed E-state index contributed by atoms with van der Waals surface area (Å²) in [5.74, 6) is -0.111. The van der Waals surface area contributed by atoms with Crippen LogP contribution in [-0.2, 0) is 14.6 Å². The van der Waals surface area contributed by atoms with E-state index in [1.807, 2.05) is 20.8 Å². The Hall–Kier alpha value is -1.83. The minimum absolute atomic E-state index is 0.0610. The molecule has 1 saturated heterocycles. The van der Waals surface area contributed by atoms with E-state index in [1.165, 1.54) is 12.1 Å². The van der Waals surface area contributed by atoms with Crippen molar-refractivity contribution in [3.05, 3.63) is 24.0 Å². The molecule has 0 aliphatic carbocycles. The minimum atomic E-state index is -3.44. The molecule has 1 aliphatic rings. The van der Waals surface area contributed by atoms with E-state index in [1.54, 1.807) is 4.90 Å². The number of carbonyl (C=O) groups excluding carboxylic acids is 1. The SMILES string of the molecule is CC(C)(C)OC(=O)N1CCC(CCCOc2ccc(S(C)(=O)=O)cc2F)CC1. The van der Waals surface area contributed by atoms with Crippen LogP contribution in [0.4, 0.5) is 9.18 Å². The molecule has 8 heteroatoms. The van der Waals surface area contributed by atoms with E-state index in [0.717, 1.165) is 38.0 Å². The first-order chi connectivity index (χ1) is 13.0. The van der Waals surface area contributed by atoms with Gasteiger partial charge in [-0.05, 0) is 70.6 Å². The van der Waals surface area contributed by atoms with Gasteiger partial charge in [0.15, 0.2) is 21.4 Å². The maximum atomic E-state index is 14.0. The van der Waals surface area contributed by atoms with Crippen molar-refractivity contribution in [1.29, 1.82) is 0 Å². The van der Waals surface area contributed by atoms with Crippen molar-refractivity contribution in [3.8, 4) is 5.75 Å². The molecule has 1 aromatic carbocycles. The number of piperidine rings is 1. The summed E-state index contributed by atoms with van der Waals surface area (Å²) in [4.78, 5) is 13.8. The molecule has 2 rings (SSSR count). The smallest absolute Gasteiger partial charge is 0.410 e. The van der Waals surface area contributed by atoms with Crippen molar-refractivity contribution < 1.29 is 27.1 Å². The number of carbonyl (C=O) groups is 1. The molecule has 0 N–H and O–H groups in total. The highest BCUT2D eigenvalue weighted by molar-refractivity contribution is 7.90. The van der Waals surface area contributed by atoms with Crippen LogP contribution < -0.4 is 4.74 Å². The lowest BCUT2D eigenvalue weighted by Crippen LogP contribution is -2.41. The summed E-state index contributed by atoms with van der Waals surface area (Å²) in [7, 11) is -3.44. The Bertz CT molecular complexity index is 780. The largest absolute Gasteiger partial charge is 0.491 e. The molecule has 6 nitrogen and oxygen atoms in total. The third kappa shape index (κ3) is 6.96. The highest BCUT2D eigenvalue weighted by atomic mass is 32.2. The van der Waals surface area contributed by atoms with Crippen molar-refractivity contribution in [3.63, 3.8) is 0 Å². The summed E-state index contributed by atoms with van der Waals surface area (Å²) < 4.78 is 47.7. The molecule has 158 valence electrons. The van der Waals surface area contributed by atoms with Gasteiger partial charge in [0.25, 0.3) is 0 Å². The number of benzene rings is 1. The average Bonchev–Trinajstić information content (AvgIpc) is 2.58. The highest BCUT2D eigenvalue weighted by Crippen LogP contribution is 2.25. The lowest BCUT2D eigenvalue weighted by molar-refractivity contribution is 0.0179. The van der Waals surface area contributed by atoms with Crippen LogP contribution in [0.3, 0.4) is 0 Å². The second-order valence-corrected chi connectivity index (χ2v) is 10.3. The van der Waals surface area contributed by atoms with Gasteiger partial charge in [0.05, 0.1) is 11.5 Å². The summed E-state index contributed by atoms with van der Waals surface area (Å²) in [5, 5.41) is 0. The Labute approximate surface area is 166 Å². The zero-order valence-corrected chi connectivity index (χ0v) is 17.9. The summed E-state index contributed by atoms with van der Waals surface area (Å²) >= 11 is 0. The standard InChI is InChI=1S/C20H30FNO5S/c1-20(2,3)27-19(23)22-11-9-15(10-12-22)6-5-13-26-18-8-7-16(14-17(18)21)28(4,24)25/h7-8,14-15H,5-6,9-13H2,1-4H3. The van der Waals surface area contributed by atoms with E-state index in [2.05, 4.69) is 0 Å². The van der Waals surface area contributed by atoms with Gasteiger partial charge >= 0.3 is 6.09 Å². The first-order valence-electron chi connectivity index (χ1n) is 9.56. The summed E-state index contributed by atoms with van der Waals surface area (Å²) in [6, 6.07) is 3.68. The van der Waals surface area contributed by atoms with E-state index < -0.39 is 21.3 Å². The molecule has 0 saturated carbocycles. The Kier molecular flexibility index (Phi) is 7.31.